The zero-order chi connectivity index (χ0) is 17.9. The lowest BCUT2D eigenvalue weighted by molar-refractivity contribution is 0.198. The Labute approximate surface area is 148 Å². The van der Waals surface area contributed by atoms with Crippen molar-refractivity contribution in [1.29, 1.82) is 0 Å². The molecule has 1 unspecified atom stereocenters. The van der Waals surface area contributed by atoms with E-state index < -0.39 is 10.0 Å². The first-order chi connectivity index (χ1) is 11.9. The molecule has 0 saturated carbocycles. The van der Waals surface area contributed by atoms with Crippen LogP contribution in [0.3, 0.4) is 0 Å². The lowest BCUT2D eigenvalue weighted by atomic mass is 9.94. The van der Waals surface area contributed by atoms with Crippen LogP contribution in [-0.2, 0) is 16.6 Å². The van der Waals surface area contributed by atoms with Gasteiger partial charge >= 0.3 is 0 Å². The molecule has 25 heavy (non-hydrogen) atoms. The quantitative estimate of drug-likeness (QED) is 0.820. The van der Waals surface area contributed by atoms with Gasteiger partial charge < -0.3 is 4.74 Å². The number of nitrogens with one attached hydrogen (secondary N) is 2. The first-order valence-corrected chi connectivity index (χ1v) is 10.2. The molecule has 0 bridgehead atoms. The molecule has 7 nitrogen and oxygen atoms in total. The van der Waals surface area contributed by atoms with Gasteiger partial charge in [0, 0.05) is 19.0 Å². The molecule has 0 radical (unpaired) electrons. The van der Waals surface area contributed by atoms with Gasteiger partial charge in [0.15, 0.2) is 0 Å². The lowest BCUT2D eigenvalue weighted by Crippen LogP contribution is -2.34. The van der Waals surface area contributed by atoms with Gasteiger partial charge in [-0.25, -0.2) is 8.42 Å². The molecule has 2 N–H and O–H groups in total. The van der Waals surface area contributed by atoms with Crippen molar-refractivity contribution in [3.63, 3.8) is 0 Å². The molecule has 1 atom stereocenters. The highest BCUT2D eigenvalue weighted by atomic mass is 32.2. The minimum atomic E-state index is -3.32. The van der Waals surface area contributed by atoms with E-state index in [9.17, 15) is 8.42 Å². The van der Waals surface area contributed by atoms with Gasteiger partial charge in [0.2, 0.25) is 10.0 Å². The van der Waals surface area contributed by atoms with Gasteiger partial charge in [0.25, 0.3) is 0 Å². The Morgan fingerprint density at radius 1 is 1.44 bits per heavy atom. The van der Waals surface area contributed by atoms with E-state index in [0.29, 0.717) is 5.69 Å². The molecule has 1 aromatic carbocycles. The van der Waals surface area contributed by atoms with Crippen molar-refractivity contribution in [2.75, 3.05) is 31.2 Å². The number of sulfonamides is 1. The van der Waals surface area contributed by atoms with Gasteiger partial charge in [-0.05, 0) is 37.1 Å². The number of likely N-dealkylation sites (tertiary alicyclic amines) is 1. The van der Waals surface area contributed by atoms with E-state index in [4.69, 9.17) is 4.74 Å². The fourth-order valence-electron chi connectivity index (χ4n) is 3.35. The Balaban J connectivity index is 1.70. The molecule has 1 fully saturated rings. The molecule has 1 aliphatic rings. The SMILES string of the molecule is COc1cccc(CN2CCCC(c3[nH]ncc3NS(C)(=O)=O)C2)c1. The number of aromatic amines is 1. The number of nitrogens with zero attached hydrogens (tertiary/aromatic N) is 2. The van der Waals surface area contributed by atoms with Crippen LogP contribution in [0.25, 0.3) is 0 Å². The molecular formula is C17H24N4O3S. The van der Waals surface area contributed by atoms with E-state index in [1.54, 1.807) is 7.11 Å². The number of piperidine rings is 1. The van der Waals surface area contributed by atoms with Crippen LogP contribution in [0.4, 0.5) is 5.69 Å². The topological polar surface area (TPSA) is 87.3 Å². The summed E-state index contributed by atoms with van der Waals surface area (Å²) in [5.41, 5.74) is 2.62. The van der Waals surface area contributed by atoms with Crippen LogP contribution < -0.4 is 9.46 Å². The maximum atomic E-state index is 11.5. The molecule has 1 saturated heterocycles. The zero-order valence-electron chi connectivity index (χ0n) is 14.5. The van der Waals surface area contributed by atoms with Crippen molar-refractivity contribution >= 4 is 15.7 Å². The number of anilines is 1. The number of aromatic nitrogens is 2. The minimum absolute atomic E-state index is 0.228. The second-order valence-corrected chi connectivity index (χ2v) is 8.25. The van der Waals surface area contributed by atoms with Crippen LogP contribution in [-0.4, -0.2) is 50.0 Å². The summed E-state index contributed by atoms with van der Waals surface area (Å²) in [5, 5.41) is 7.00. The molecule has 2 heterocycles. The zero-order valence-corrected chi connectivity index (χ0v) is 15.3. The molecule has 136 valence electrons. The number of hydrogen-bond donors (Lipinski definition) is 2. The maximum Gasteiger partial charge on any atom is 0.229 e. The number of benzene rings is 1. The Morgan fingerprint density at radius 3 is 3.04 bits per heavy atom. The number of rotatable bonds is 6. The number of hydrogen-bond acceptors (Lipinski definition) is 5. The Kier molecular flexibility index (Phi) is 5.29. The normalized spacial score (nSPS) is 18.9. The monoisotopic (exact) mass is 364 g/mol. The lowest BCUT2D eigenvalue weighted by Gasteiger charge is -2.32. The van der Waals surface area contributed by atoms with Crippen molar-refractivity contribution in [2.45, 2.75) is 25.3 Å². The standard InChI is InChI=1S/C17H24N4O3S/c1-24-15-7-3-5-13(9-15)11-21-8-4-6-14(12-21)17-16(10-18-19-17)20-25(2,22)23/h3,5,7,9-10,14,20H,4,6,8,11-12H2,1-2H3,(H,18,19). The molecule has 0 spiro atoms. The van der Waals surface area contributed by atoms with Gasteiger partial charge in [-0.1, -0.05) is 12.1 Å². The number of methoxy groups -OCH3 is 1. The average molecular weight is 364 g/mol. The summed E-state index contributed by atoms with van der Waals surface area (Å²) in [7, 11) is -1.64. The van der Waals surface area contributed by atoms with E-state index in [1.165, 1.54) is 11.8 Å². The van der Waals surface area contributed by atoms with Crippen molar-refractivity contribution in [3.05, 3.63) is 41.7 Å². The number of H-pyrrole nitrogens is 1. The smallest absolute Gasteiger partial charge is 0.229 e. The van der Waals surface area contributed by atoms with Gasteiger partial charge in [-0.15, -0.1) is 0 Å². The van der Waals surface area contributed by atoms with Gasteiger partial charge in [-0.2, -0.15) is 5.10 Å². The summed E-state index contributed by atoms with van der Waals surface area (Å²) in [6.45, 7) is 2.73. The highest BCUT2D eigenvalue weighted by molar-refractivity contribution is 7.92. The van der Waals surface area contributed by atoms with Crippen LogP contribution >= 0.6 is 0 Å². The Morgan fingerprint density at radius 2 is 2.28 bits per heavy atom. The third kappa shape index (κ3) is 4.73. The van der Waals surface area contributed by atoms with Gasteiger partial charge in [0.1, 0.15) is 5.75 Å². The molecule has 2 aromatic rings. The van der Waals surface area contributed by atoms with E-state index in [1.807, 2.05) is 12.1 Å². The van der Waals surface area contributed by atoms with Crippen molar-refractivity contribution in [2.24, 2.45) is 0 Å². The van der Waals surface area contributed by atoms with Gasteiger partial charge in [0.05, 0.1) is 30.9 Å². The molecule has 0 aliphatic carbocycles. The Bertz CT molecular complexity index is 819. The van der Waals surface area contributed by atoms with Crippen LogP contribution in [0.5, 0.6) is 5.75 Å². The third-order valence-corrected chi connectivity index (χ3v) is 5.01. The summed E-state index contributed by atoms with van der Waals surface area (Å²) in [6.07, 6.45) is 4.76. The molecule has 1 aromatic heterocycles. The van der Waals surface area contributed by atoms with Crippen molar-refractivity contribution < 1.29 is 13.2 Å². The fourth-order valence-corrected chi connectivity index (χ4v) is 3.91. The molecule has 3 rings (SSSR count). The van der Waals surface area contributed by atoms with Crippen LogP contribution in [0, 0.1) is 0 Å². The summed E-state index contributed by atoms with van der Waals surface area (Å²) in [6, 6.07) is 8.09. The minimum Gasteiger partial charge on any atom is -0.497 e. The maximum absolute atomic E-state index is 11.5. The highest BCUT2D eigenvalue weighted by Gasteiger charge is 2.25. The summed E-state index contributed by atoms with van der Waals surface area (Å²) in [4.78, 5) is 2.38. The van der Waals surface area contributed by atoms with E-state index in [2.05, 4.69) is 32.0 Å². The van der Waals surface area contributed by atoms with E-state index in [-0.39, 0.29) is 5.92 Å². The predicted octanol–water partition coefficient (Wildman–Crippen LogP) is 2.17. The molecule has 1 aliphatic heterocycles. The number of ether oxygens (including phenoxy) is 1. The predicted molar refractivity (Wildman–Crippen MR) is 97.3 cm³/mol. The first kappa shape index (κ1) is 17.8. The average Bonchev–Trinajstić information content (AvgIpc) is 3.01. The van der Waals surface area contributed by atoms with Crippen LogP contribution in [0.1, 0.15) is 30.0 Å². The van der Waals surface area contributed by atoms with E-state index >= 15 is 0 Å². The molecule has 8 heteroatoms. The largest absolute Gasteiger partial charge is 0.497 e. The summed E-state index contributed by atoms with van der Waals surface area (Å²) < 4.78 is 30.9. The Hall–Kier alpha value is -2.06. The molecular weight excluding hydrogens is 340 g/mol. The second-order valence-electron chi connectivity index (χ2n) is 6.50. The van der Waals surface area contributed by atoms with Gasteiger partial charge in [-0.3, -0.25) is 14.7 Å². The first-order valence-electron chi connectivity index (χ1n) is 8.31. The van der Waals surface area contributed by atoms with Crippen molar-refractivity contribution in [3.8, 4) is 5.75 Å². The van der Waals surface area contributed by atoms with Crippen molar-refractivity contribution in [1.82, 2.24) is 15.1 Å². The molecule has 0 amide bonds. The second kappa shape index (κ2) is 7.45. The van der Waals surface area contributed by atoms with E-state index in [0.717, 1.165) is 50.2 Å². The highest BCUT2D eigenvalue weighted by Crippen LogP contribution is 2.31. The fraction of sp³-hybridized carbons (Fsp3) is 0.471. The van der Waals surface area contributed by atoms with Crippen LogP contribution in [0.15, 0.2) is 30.5 Å². The summed E-state index contributed by atoms with van der Waals surface area (Å²) in [5.74, 6) is 1.09. The van der Waals surface area contributed by atoms with Crippen LogP contribution in [0.2, 0.25) is 0 Å². The summed E-state index contributed by atoms with van der Waals surface area (Å²) >= 11 is 0. The third-order valence-electron chi connectivity index (χ3n) is 4.42.